The summed E-state index contributed by atoms with van der Waals surface area (Å²) in [4.78, 5) is 0. The summed E-state index contributed by atoms with van der Waals surface area (Å²) in [5, 5.41) is 1.73. The molecule has 1 unspecified atom stereocenters. The standard InChI is InChI=1S/C24H21Si.2ClH.Hf/c1-25(2)24-17-10-4-3-9-16(17)15-22(24)23-20-13-7-5-11-18(20)19-12-6-8-14-21(19)23;;;/h3-15,23,25H,1-2H3;2*1H;. The first-order valence-corrected chi connectivity index (χ1v) is 14.4. The maximum atomic E-state index is 2.50. The molecule has 0 aliphatic heterocycles. The van der Waals surface area contributed by atoms with Gasteiger partial charge in [0.25, 0.3) is 0 Å². The summed E-state index contributed by atoms with van der Waals surface area (Å²) in [6, 6.07) is 27.4. The minimum absolute atomic E-state index is 0. The predicted octanol–water partition coefficient (Wildman–Crippen LogP) is 6.72. The Kier molecular flexibility index (Phi) is 6.56. The Morgan fingerprint density at radius 1 is 0.643 bits per heavy atom. The van der Waals surface area contributed by atoms with Crippen molar-refractivity contribution in [3.63, 3.8) is 0 Å². The van der Waals surface area contributed by atoms with E-state index in [0.717, 1.165) is 0 Å². The van der Waals surface area contributed by atoms with Crippen LogP contribution in [0.2, 0.25) is 13.1 Å². The monoisotopic (exact) mass is 589 g/mol. The minimum Gasteiger partial charge on any atom is -0.147 e. The van der Waals surface area contributed by atoms with Crippen molar-refractivity contribution in [1.29, 1.82) is 0 Å². The maximum Gasteiger partial charge on any atom is -0.147 e. The Bertz CT molecular complexity index is 1010. The van der Waals surface area contributed by atoms with E-state index in [2.05, 4.69) is 85.9 Å². The Morgan fingerprint density at radius 3 is 1.57 bits per heavy atom. The van der Waals surface area contributed by atoms with E-state index in [0.29, 0.717) is 9.59 Å². The fourth-order valence-corrected chi connectivity index (χ4v) is 9.48. The van der Waals surface area contributed by atoms with Crippen LogP contribution in [0.25, 0.3) is 16.3 Å². The zero-order valence-corrected chi connectivity index (χ0v) is 22.4. The van der Waals surface area contributed by atoms with E-state index in [1.54, 1.807) is 21.9 Å². The van der Waals surface area contributed by atoms with Gasteiger partial charge in [-0.15, -0.1) is 24.8 Å². The summed E-state index contributed by atoms with van der Waals surface area (Å²) in [7, 11) is -0.939. The van der Waals surface area contributed by atoms with Crippen molar-refractivity contribution in [2.45, 2.75) is 22.7 Å². The summed E-state index contributed by atoms with van der Waals surface area (Å²) >= 11 is 1.18. The smallest absolute Gasteiger partial charge is 0.147 e. The Hall–Kier alpha value is -0.933. The van der Waals surface area contributed by atoms with Crippen LogP contribution in [-0.4, -0.2) is 8.80 Å². The fraction of sp³-hybridized carbons (Fsp3) is 0.167. The molecule has 1 atom stereocenters. The van der Waals surface area contributed by atoms with Crippen molar-refractivity contribution < 1.29 is 24.4 Å². The third-order valence-electron chi connectivity index (χ3n) is 5.91. The van der Waals surface area contributed by atoms with Crippen molar-refractivity contribution in [1.82, 2.24) is 0 Å². The first-order chi connectivity index (χ1) is 12.7. The summed E-state index contributed by atoms with van der Waals surface area (Å²) < 4.78 is 0.639. The molecule has 5 rings (SSSR count). The van der Waals surface area contributed by atoms with Crippen LogP contribution >= 0.6 is 24.8 Å². The van der Waals surface area contributed by atoms with Gasteiger partial charge in [0, 0.05) is 0 Å². The van der Waals surface area contributed by atoms with Gasteiger partial charge in [-0.05, 0) is 0 Å². The molecule has 0 radical (unpaired) electrons. The fourth-order valence-electron chi connectivity index (χ4n) is 4.93. The summed E-state index contributed by atoms with van der Waals surface area (Å²) in [6.07, 6.45) is 0. The summed E-state index contributed by atoms with van der Waals surface area (Å²) in [5.41, 5.74) is 10.8. The van der Waals surface area contributed by atoms with E-state index in [4.69, 9.17) is 0 Å². The molecule has 0 aromatic heterocycles. The molecule has 0 bridgehead atoms. The quantitative estimate of drug-likeness (QED) is 0.292. The van der Waals surface area contributed by atoms with Crippen LogP contribution in [0.1, 0.15) is 31.8 Å². The van der Waals surface area contributed by atoms with Gasteiger partial charge < -0.3 is 0 Å². The normalized spacial score (nSPS) is 16.9. The van der Waals surface area contributed by atoms with Crippen molar-refractivity contribution in [3.05, 3.63) is 101 Å². The molecule has 4 heteroatoms. The van der Waals surface area contributed by atoms with E-state index in [1.807, 2.05) is 0 Å². The van der Waals surface area contributed by atoms with Crippen LogP contribution in [-0.2, 0) is 24.4 Å². The second kappa shape index (κ2) is 8.43. The molecule has 0 N–H and O–H groups in total. The van der Waals surface area contributed by atoms with E-state index in [-0.39, 0.29) is 24.8 Å². The van der Waals surface area contributed by atoms with Crippen molar-refractivity contribution in [2.24, 2.45) is 0 Å². The molecule has 0 saturated heterocycles. The largest absolute Gasteiger partial charge is 0.147 e. The Balaban J connectivity index is 0.00000112. The first-order valence-electron chi connectivity index (χ1n) is 9.41. The number of halogens is 2. The predicted molar refractivity (Wildman–Crippen MR) is 123 cm³/mol. The molecular formula is C24H23Cl2HfSi. The zero-order valence-electron chi connectivity index (χ0n) is 16.0. The molecule has 2 aliphatic rings. The van der Waals surface area contributed by atoms with Gasteiger partial charge >= 0.3 is 173 Å². The molecule has 3 aromatic rings. The number of fused-ring (bicyclic) bond motifs is 4. The maximum absolute atomic E-state index is 2.50. The number of allylic oxidation sites excluding steroid dienone is 1. The number of hydrogen-bond donors (Lipinski definition) is 0. The average Bonchev–Trinajstić information content (AvgIpc) is 3.14. The average molecular weight is 589 g/mol. The van der Waals surface area contributed by atoms with Crippen molar-refractivity contribution >= 4 is 38.8 Å². The van der Waals surface area contributed by atoms with Crippen LogP contribution in [0.3, 0.4) is 0 Å². The second-order valence-electron chi connectivity index (χ2n) is 7.65. The van der Waals surface area contributed by atoms with E-state index < -0.39 is 8.80 Å². The molecule has 0 fully saturated rings. The first kappa shape index (κ1) is 21.8. The SMILES string of the molecule is C[SiH](C)C1=C(C2c3ccccc3-c3ccccc32)[CH]([Hf])c2ccccc21.Cl.Cl. The molecule has 2 aliphatic carbocycles. The number of benzene rings is 3. The molecule has 0 amide bonds. The molecule has 3 aromatic carbocycles. The van der Waals surface area contributed by atoms with E-state index in [1.165, 1.54) is 46.6 Å². The third-order valence-corrected chi connectivity index (χ3v) is 9.94. The van der Waals surface area contributed by atoms with Gasteiger partial charge in [-0.1, -0.05) is 0 Å². The van der Waals surface area contributed by atoms with Crippen LogP contribution < -0.4 is 0 Å². The molecule has 0 heterocycles. The molecule has 0 saturated carbocycles. The number of hydrogen-bond acceptors (Lipinski definition) is 0. The molecule has 28 heavy (non-hydrogen) atoms. The second-order valence-corrected chi connectivity index (χ2v) is 12.6. The van der Waals surface area contributed by atoms with Gasteiger partial charge in [-0.25, -0.2) is 0 Å². The zero-order chi connectivity index (χ0) is 17.8. The molecule has 0 nitrogen and oxygen atoms in total. The molecular weight excluding hydrogens is 566 g/mol. The summed E-state index contributed by atoms with van der Waals surface area (Å²) in [6.45, 7) is 5.00. The van der Waals surface area contributed by atoms with Crippen LogP contribution in [0.15, 0.2) is 78.4 Å². The van der Waals surface area contributed by atoms with Crippen LogP contribution in [0.4, 0.5) is 0 Å². The van der Waals surface area contributed by atoms with Gasteiger partial charge in [0.15, 0.2) is 0 Å². The minimum atomic E-state index is -0.939. The van der Waals surface area contributed by atoms with Crippen LogP contribution in [0.5, 0.6) is 0 Å². The van der Waals surface area contributed by atoms with Gasteiger partial charge in [0.2, 0.25) is 0 Å². The van der Waals surface area contributed by atoms with Gasteiger partial charge in [-0.3, -0.25) is 0 Å². The van der Waals surface area contributed by atoms with Gasteiger partial charge in [0.1, 0.15) is 0 Å². The Labute approximate surface area is 196 Å². The van der Waals surface area contributed by atoms with Gasteiger partial charge in [-0.2, -0.15) is 0 Å². The van der Waals surface area contributed by atoms with E-state index >= 15 is 0 Å². The summed E-state index contributed by atoms with van der Waals surface area (Å²) in [5.74, 6) is 0.446. The van der Waals surface area contributed by atoms with Crippen molar-refractivity contribution in [2.75, 3.05) is 0 Å². The van der Waals surface area contributed by atoms with Crippen molar-refractivity contribution in [3.8, 4) is 11.1 Å². The van der Waals surface area contributed by atoms with Crippen LogP contribution in [0, 0.1) is 0 Å². The third kappa shape index (κ3) is 3.13. The molecule has 141 valence electrons. The van der Waals surface area contributed by atoms with E-state index in [9.17, 15) is 0 Å². The topological polar surface area (TPSA) is 0 Å². The molecule has 0 spiro atoms. The van der Waals surface area contributed by atoms with Gasteiger partial charge in [0.05, 0.1) is 0 Å². The Morgan fingerprint density at radius 2 is 1.07 bits per heavy atom. The number of rotatable bonds is 2.